The van der Waals surface area contributed by atoms with Crippen molar-refractivity contribution in [3.05, 3.63) is 83.9 Å². The minimum atomic E-state index is -0.192. The number of hydrogen-bond acceptors (Lipinski definition) is 3. The molecule has 5 rings (SSSR count). The normalized spacial score (nSPS) is 32.0. The molecule has 0 amide bonds. The Hall–Kier alpha value is -2.39. The maximum atomic E-state index is 13.9. The van der Waals surface area contributed by atoms with Crippen LogP contribution < -0.4 is 0 Å². The van der Waals surface area contributed by atoms with Crippen molar-refractivity contribution in [1.29, 1.82) is 0 Å². The zero-order valence-electron chi connectivity index (χ0n) is 21.1. The molecule has 0 unspecified atom stereocenters. The van der Waals surface area contributed by atoms with E-state index in [9.17, 15) is 4.79 Å². The first-order valence-corrected chi connectivity index (χ1v) is 13.1. The summed E-state index contributed by atoms with van der Waals surface area (Å²) in [7, 11) is 0. The Balaban J connectivity index is 1.38. The quantitative estimate of drug-likeness (QED) is 0.357. The third-order valence-corrected chi connectivity index (χ3v) is 8.94. The van der Waals surface area contributed by atoms with Crippen LogP contribution in [0.1, 0.15) is 70.5 Å². The van der Waals surface area contributed by atoms with E-state index in [1.165, 1.54) is 17.5 Å². The van der Waals surface area contributed by atoms with Crippen LogP contribution in [0, 0.1) is 17.8 Å². The Labute approximate surface area is 205 Å². The zero-order chi connectivity index (χ0) is 23.9. The number of rotatable bonds is 6. The van der Waals surface area contributed by atoms with Crippen LogP contribution in [0.3, 0.4) is 0 Å². The second-order valence-corrected chi connectivity index (χ2v) is 11.4. The van der Waals surface area contributed by atoms with Gasteiger partial charge in [0.25, 0.3) is 0 Å². The molecule has 3 heteroatoms. The Kier molecular flexibility index (Phi) is 6.41. The van der Waals surface area contributed by atoms with E-state index in [4.69, 9.17) is 4.74 Å². The van der Waals surface area contributed by atoms with Crippen molar-refractivity contribution in [1.82, 2.24) is 4.90 Å². The molecule has 2 bridgehead atoms. The lowest BCUT2D eigenvalue weighted by molar-refractivity contribution is -0.164. The summed E-state index contributed by atoms with van der Waals surface area (Å²) in [6.07, 6.45) is 8.78. The van der Waals surface area contributed by atoms with Crippen molar-refractivity contribution in [2.24, 2.45) is 17.8 Å². The summed E-state index contributed by atoms with van der Waals surface area (Å²) in [6, 6.07) is 21.6. The van der Waals surface area contributed by atoms with Crippen LogP contribution in [0.4, 0.5) is 0 Å². The second kappa shape index (κ2) is 9.34. The number of benzene rings is 2. The monoisotopic (exact) mass is 457 g/mol. The molecule has 1 saturated carbocycles. The van der Waals surface area contributed by atoms with Crippen LogP contribution in [0.25, 0.3) is 0 Å². The van der Waals surface area contributed by atoms with Gasteiger partial charge in [0.2, 0.25) is 0 Å². The van der Waals surface area contributed by atoms with Gasteiger partial charge < -0.3 is 4.74 Å². The number of carbonyl (C=O) groups is 1. The first-order valence-electron chi connectivity index (χ1n) is 13.1. The largest absolute Gasteiger partial charge is 0.461 e. The highest BCUT2D eigenvalue weighted by Crippen LogP contribution is 2.46. The van der Waals surface area contributed by atoms with Gasteiger partial charge in [0.15, 0.2) is 0 Å². The van der Waals surface area contributed by atoms with E-state index in [0.717, 1.165) is 19.3 Å². The average molecular weight is 458 g/mol. The van der Waals surface area contributed by atoms with Crippen molar-refractivity contribution in [3.8, 4) is 0 Å². The first kappa shape index (κ1) is 23.4. The number of esters is 1. The molecule has 1 aliphatic heterocycles. The molecule has 3 aliphatic rings. The highest BCUT2D eigenvalue weighted by atomic mass is 16.5. The standard InChI is InChI=1S/C31H39NO2/c1-21-15-18-27(31(3,4)25-13-9-6-10-14-25)28(19-21)34-30(33)29-24-16-17-26(20-24)32(29)22(2)23-11-7-5-8-12-23/h5-14,16-17,21-22,24,26-29H,15,18-20H2,1-4H3/t21-,22+,24-,26+,27-,28-,29-/m1/s1. The molecule has 180 valence electrons. The molecule has 0 radical (unpaired) electrons. The molecule has 0 aromatic heterocycles. The molecule has 1 saturated heterocycles. The number of hydrogen-bond donors (Lipinski definition) is 0. The summed E-state index contributed by atoms with van der Waals surface area (Å²) in [6.45, 7) is 9.19. The number of ether oxygens (including phenoxy) is 1. The summed E-state index contributed by atoms with van der Waals surface area (Å²) in [4.78, 5) is 16.3. The predicted molar refractivity (Wildman–Crippen MR) is 137 cm³/mol. The number of likely N-dealkylation sites (tertiary alicyclic amines) is 1. The minimum Gasteiger partial charge on any atom is -0.461 e. The van der Waals surface area contributed by atoms with E-state index in [-0.39, 0.29) is 35.5 Å². The van der Waals surface area contributed by atoms with E-state index in [2.05, 4.69) is 105 Å². The van der Waals surface area contributed by atoms with E-state index >= 15 is 0 Å². The van der Waals surface area contributed by atoms with Gasteiger partial charge >= 0.3 is 5.97 Å². The summed E-state index contributed by atoms with van der Waals surface area (Å²) in [5, 5.41) is 0. The van der Waals surface area contributed by atoms with Gasteiger partial charge in [-0.1, -0.05) is 100 Å². The van der Waals surface area contributed by atoms with Gasteiger partial charge in [-0.3, -0.25) is 9.69 Å². The fraction of sp³-hybridized carbons (Fsp3) is 0.516. The molecule has 2 aromatic rings. The summed E-state index contributed by atoms with van der Waals surface area (Å²) in [5.41, 5.74) is 2.55. The molecule has 0 spiro atoms. The first-order chi connectivity index (χ1) is 16.4. The third-order valence-electron chi connectivity index (χ3n) is 8.94. The van der Waals surface area contributed by atoms with Gasteiger partial charge in [0, 0.05) is 23.9 Å². The molecule has 3 nitrogen and oxygen atoms in total. The molecule has 2 fully saturated rings. The highest BCUT2D eigenvalue weighted by molar-refractivity contribution is 5.78. The van der Waals surface area contributed by atoms with Gasteiger partial charge in [0.1, 0.15) is 12.1 Å². The Morgan fingerprint density at radius 1 is 0.971 bits per heavy atom. The van der Waals surface area contributed by atoms with Gasteiger partial charge in [-0.15, -0.1) is 0 Å². The van der Waals surface area contributed by atoms with Crippen molar-refractivity contribution in [2.45, 2.75) is 83.0 Å². The smallest absolute Gasteiger partial charge is 0.324 e. The fourth-order valence-electron chi connectivity index (χ4n) is 6.90. The predicted octanol–water partition coefficient (Wildman–Crippen LogP) is 6.70. The third kappa shape index (κ3) is 4.24. The summed E-state index contributed by atoms with van der Waals surface area (Å²) < 4.78 is 6.52. The van der Waals surface area contributed by atoms with Crippen LogP contribution in [0.2, 0.25) is 0 Å². The Morgan fingerprint density at radius 3 is 2.35 bits per heavy atom. The average Bonchev–Trinajstić information content (AvgIpc) is 3.46. The molecule has 7 atom stereocenters. The lowest BCUT2D eigenvalue weighted by Crippen LogP contribution is -2.49. The van der Waals surface area contributed by atoms with Gasteiger partial charge in [-0.25, -0.2) is 0 Å². The van der Waals surface area contributed by atoms with Crippen LogP contribution in [-0.2, 0) is 14.9 Å². The van der Waals surface area contributed by atoms with E-state index in [0.29, 0.717) is 17.9 Å². The topological polar surface area (TPSA) is 29.5 Å². The molecular formula is C31H39NO2. The van der Waals surface area contributed by atoms with Crippen molar-refractivity contribution >= 4 is 5.97 Å². The summed E-state index contributed by atoms with van der Waals surface area (Å²) >= 11 is 0. The number of fused-ring (bicyclic) bond motifs is 2. The SMILES string of the molecule is C[C@@H]1CC[C@@H](C(C)(C)c2ccccc2)[C@H](OC(=O)[C@H]2[C@@H]3C=C[C@@H](C3)N2[C@@H](C)c2ccccc2)C1. The fourth-order valence-corrected chi connectivity index (χ4v) is 6.90. The summed E-state index contributed by atoms with van der Waals surface area (Å²) in [5.74, 6) is 1.14. The molecular weight excluding hydrogens is 418 g/mol. The van der Waals surface area contributed by atoms with Crippen molar-refractivity contribution in [3.63, 3.8) is 0 Å². The van der Waals surface area contributed by atoms with Crippen LogP contribution in [0.5, 0.6) is 0 Å². The molecule has 34 heavy (non-hydrogen) atoms. The number of nitrogens with zero attached hydrogens (tertiary/aromatic N) is 1. The Bertz CT molecular complexity index is 1010. The van der Waals surface area contributed by atoms with E-state index in [1.807, 2.05) is 0 Å². The van der Waals surface area contributed by atoms with E-state index < -0.39 is 0 Å². The number of carbonyl (C=O) groups excluding carboxylic acids is 1. The lowest BCUT2D eigenvalue weighted by atomic mass is 9.64. The van der Waals surface area contributed by atoms with E-state index in [1.54, 1.807) is 0 Å². The molecule has 2 aliphatic carbocycles. The molecule has 0 N–H and O–H groups in total. The Morgan fingerprint density at radius 2 is 1.65 bits per heavy atom. The maximum absolute atomic E-state index is 13.9. The van der Waals surface area contributed by atoms with Crippen LogP contribution in [-0.4, -0.2) is 29.1 Å². The second-order valence-electron chi connectivity index (χ2n) is 11.4. The van der Waals surface area contributed by atoms with Gasteiger partial charge in [-0.2, -0.15) is 0 Å². The lowest BCUT2D eigenvalue weighted by Gasteiger charge is -2.45. The maximum Gasteiger partial charge on any atom is 0.324 e. The van der Waals surface area contributed by atoms with Crippen molar-refractivity contribution in [2.75, 3.05) is 0 Å². The van der Waals surface area contributed by atoms with Crippen LogP contribution in [0.15, 0.2) is 72.8 Å². The molecule has 2 aromatic carbocycles. The van der Waals surface area contributed by atoms with Gasteiger partial charge in [-0.05, 0) is 48.6 Å². The van der Waals surface area contributed by atoms with Crippen LogP contribution >= 0.6 is 0 Å². The zero-order valence-corrected chi connectivity index (χ0v) is 21.1. The van der Waals surface area contributed by atoms with Gasteiger partial charge in [0.05, 0.1) is 0 Å². The molecule has 1 heterocycles. The highest BCUT2D eigenvalue weighted by Gasteiger charge is 2.51. The van der Waals surface area contributed by atoms with Crippen molar-refractivity contribution < 1.29 is 9.53 Å². The minimum absolute atomic E-state index is 0.0207.